The van der Waals surface area contributed by atoms with Crippen molar-refractivity contribution in [3.05, 3.63) is 33.3 Å². The lowest BCUT2D eigenvalue weighted by Crippen LogP contribution is -2.01. The Morgan fingerprint density at radius 3 is 2.47 bits per heavy atom. The van der Waals surface area contributed by atoms with Crippen molar-refractivity contribution in [2.75, 3.05) is 0 Å². The summed E-state index contributed by atoms with van der Waals surface area (Å²) >= 11 is 7.49. The fourth-order valence-electron chi connectivity index (χ4n) is 2.81. The van der Waals surface area contributed by atoms with Gasteiger partial charge in [0.25, 0.3) is 0 Å². The number of hydrogen-bond donors (Lipinski definition) is 0. The molecule has 0 bridgehead atoms. The van der Waals surface area contributed by atoms with E-state index in [-0.39, 0.29) is 0 Å². The molecule has 0 heterocycles. The molecule has 1 fully saturated rings. The minimum Gasteiger partial charge on any atom is -0.0839 e. The van der Waals surface area contributed by atoms with Crippen molar-refractivity contribution >= 4 is 31.9 Å². The van der Waals surface area contributed by atoms with Crippen LogP contribution in [-0.4, -0.2) is 0 Å². The van der Waals surface area contributed by atoms with Gasteiger partial charge in [0.1, 0.15) is 0 Å². The van der Waals surface area contributed by atoms with Crippen LogP contribution < -0.4 is 0 Å². The van der Waals surface area contributed by atoms with Crippen LogP contribution in [0, 0.1) is 19.8 Å². The van der Waals surface area contributed by atoms with Gasteiger partial charge in [-0.15, -0.1) is 0 Å². The maximum atomic E-state index is 3.89. The zero-order valence-electron chi connectivity index (χ0n) is 10.6. The Labute approximate surface area is 121 Å². The first-order valence-corrected chi connectivity index (χ1v) is 8.19. The molecule has 0 nitrogen and oxygen atoms in total. The van der Waals surface area contributed by atoms with Crippen molar-refractivity contribution in [2.24, 2.45) is 5.92 Å². The fourth-order valence-corrected chi connectivity index (χ4v) is 4.29. The first-order chi connectivity index (χ1) is 8.08. The lowest BCUT2D eigenvalue weighted by Gasteiger charge is -2.18. The summed E-state index contributed by atoms with van der Waals surface area (Å²) in [7, 11) is 0. The zero-order chi connectivity index (χ0) is 12.4. The van der Waals surface area contributed by atoms with Crippen LogP contribution in [0.3, 0.4) is 0 Å². The third-order valence-corrected chi connectivity index (χ3v) is 5.62. The van der Waals surface area contributed by atoms with E-state index in [4.69, 9.17) is 0 Å². The highest BCUT2D eigenvalue weighted by Crippen LogP contribution is 2.39. The van der Waals surface area contributed by atoms with E-state index in [2.05, 4.69) is 57.8 Å². The number of halogens is 2. The van der Waals surface area contributed by atoms with E-state index < -0.39 is 0 Å². The molecule has 1 aromatic carbocycles. The summed E-state index contributed by atoms with van der Waals surface area (Å²) in [5, 5.41) is 0. The maximum Gasteiger partial charge on any atom is 0.0400 e. The normalized spacial score (nSPS) is 18.6. The standard InChI is InChI=1S/C15H20Br2/c1-10-8-14(16)11(2)7-13(10)15(17)9-12-5-3-4-6-12/h7-8,12,15H,3-6,9H2,1-2H3. The number of hydrogen-bond acceptors (Lipinski definition) is 0. The van der Waals surface area contributed by atoms with E-state index in [1.807, 2.05) is 0 Å². The molecule has 0 amide bonds. The van der Waals surface area contributed by atoms with Gasteiger partial charge in [-0.3, -0.25) is 0 Å². The van der Waals surface area contributed by atoms with E-state index in [0.29, 0.717) is 4.83 Å². The van der Waals surface area contributed by atoms with Gasteiger partial charge in [0.05, 0.1) is 0 Å². The van der Waals surface area contributed by atoms with E-state index in [1.165, 1.54) is 53.3 Å². The Morgan fingerprint density at radius 1 is 1.18 bits per heavy atom. The maximum absolute atomic E-state index is 3.89. The van der Waals surface area contributed by atoms with Crippen LogP contribution in [-0.2, 0) is 0 Å². The average Bonchev–Trinajstić information content (AvgIpc) is 2.76. The topological polar surface area (TPSA) is 0 Å². The third-order valence-electron chi connectivity index (χ3n) is 3.90. The third kappa shape index (κ3) is 3.35. The van der Waals surface area contributed by atoms with E-state index in [1.54, 1.807) is 0 Å². The lowest BCUT2D eigenvalue weighted by atomic mass is 9.95. The molecule has 17 heavy (non-hydrogen) atoms. The lowest BCUT2D eigenvalue weighted by molar-refractivity contribution is 0.501. The van der Waals surface area contributed by atoms with Gasteiger partial charge in [-0.1, -0.05) is 63.6 Å². The molecule has 94 valence electrons. The number of benzene rings is 1. The second-order valence-corrected chi connectivity index (χ2v) is 7.27. The first kappa shape index (κ1) is 13.6. The predicted molar refractivity (Wildman–Crippen MR) is 81.9 cm³/mol. The first-order valence-electron chi connectivity index (χ1n) is 6.48. The highest BCUT2D eigenvalue weighted by Gasteiger charge is 2.20. The van der Waals surface area contributed by atoms with E-state index in [9.17, 15) is 0 Å². The molecule has 1 unspecified atom stereocenters. The van der Waals surface area contributed by atoms with Crippen molar-refractivity contribution < 1.29 is 0 Å². The molecule has 2 rings (SSSR count). The molecule has 1 aromatic rings. The van der Waals surface area contributed by atoms with E-state index >= 15 is 0 Å². The van der Waals surface area contributed by atoms with Gasteiger partial charge >= 0.3 is 0 Å². The van der Waals surface area contributed by atoms with Gasteiger partial charge in [-0.25, -0.2) is 0 Å². The van der Waals surface area contributed by atoms with Crippen LogP contribution in [0.25, 0.3) is 0 Å². The average molecular weight is 360 g/mol. The predicted octanol–water partition coefficient (Wildman–Crippen LogP) is 6.08. The minimum atomic E-state index is 0.525. The summed E-state index contributed by atoms with van der Waals surface area (Å²) in [5.74, 6) is 0.933. The summed E-state index contributed by atoms with van der Waals surface area (Å²) < 4.78 is 1.22. The van der Waals surface area contributed by atoms with Crippen LogP contribution in [0.2, 0.25) is 0 Å². The highest BCUT2D eigenvalue weighted by atomic mass is 79.9. The second-order valence-electron chi connectivity index (χ2n) is 5.31. The van der Waals surface area contributed by atoms with Crippen molar-refractivity contribution in [1.82, 2.24) is 0 Å². The summed E-state index contributed by atoms with van der Waals surface area (Å²) in [4.78, 5) is 0.525. The SMILES string of the molecule is Cc1cc(C(Br)CC2CCCC2)c(C)cc1Br. The van der Waals surface area contributed by atoms with Crippen LogP contribution >= 0.6 is 31.9 Å². The van der Waals surface area contributed by atoms with Crippen molar-refractivity contribution in [1.29, 1.82) is 0 Å². The molecule has 0 aliphatic heterocycles. The molecule has 1 aliphatic carbocycles. The Balaban J connectivity index is 2.12. The molecular formula is C15H20Br2. The number of rotatable bonds is 3. The molecule has 0 spiro atoms. The Hall–Kier alpha value is 0.180. The fraction of sp³-hybridized carbons (Fsp3) is 0.600. The minimum absolute atomic E-state index is 0.525. The van der Waals surface area contributed by atoms with Crippen molar-refractivity contribution in [3.8, 4) is 0 Å². The quantitative estimate of drug-likeness (QED) is 0.573. The second kappa shape index (κ2) is 5.88. The van der Waals surface area contributed by atoms with Gasteiger partial charge in [0, 0.05) is 9.30 Å². The molecule has 0 radical (unpaired) electrons. The molecule has 1 atom stereocenters. The summed E-state index contributed by atoms with van der Waals surface area (Å²) in [5.41, 5.74) is 4.20. The van der Waals surface area contributed by atoms with Crippen molar-refractivity contribution in [2.45, 2.75) is 50.8 Å². The monoisotopic (exact) mass is 358 g/mol. The molecule has 2 heteroatoms. The largest absolute Gasteiger partial charge is 0.0839 e. The summed E-state index contributed by atoms with van der Waals surface area (Å²) in [6, 6.07) is 4.57. The number of aryl methyl sites for hydroxylation is 2. The van der Waals surface area contributed by atoms with Crippen LogP contribution in [0.15, 0.2) is 16.6 Å². The molecule has 0 N–H and O–H groups in total. The van der Waals surface area contributed by atoms with E-state index in [0.717, 1.165) is 5.92 Å². The van der Waals surface area contributed by atoms with Crippen LogP contribution in [0.5, 0.6) is 0 Å². The molecule has 0 aromatic heterocycles. The smallest absolute Gasteiger partial charge is 0.0400 e. The van der Waals surface area contributed by atoms with Gasteiger partial charge in [0.2, 0.25) is 0 Å². The Morgan fingerprint density at radius 2 is 1.82 bits per heavy atom. The Kier molecular flexibility index (Phi) is 4.71. The number of alkyl halides is 1. The van der Waals surface area contributed by atoms with Gasteiger partial charge < -0.3 is 0 Å². The van der Waals surface area contributed by atoms with Gasteiger partial charge in [-0.05, 0) is 48.9 Å². The summed E-state index contributed by atoms with van der Waals surface area (Å²) in [6.45, 7) is 4.38. The van der Waals surface area contributed by atoms with Crippen LogP contribution in [0.1, 0.15) is 53.6 Å². The Bertz CT molecular complexity index is 392. The molecule has 0 saturated heterocycles. The highest BCUT2D eigenvalue weighted by molar-refractivity contribution is 9.10. The molecular weight excluding hydrogens is 340 g/mol. The van der Waals surface area contributed by atoms with Gasteiger partial charge in [-0.2, -0.15) is 0 Å². The summed E-state index contributed by atoms with van der Waals surface area (Å²) in [6.07, 6.45) is 7.01. The van der Waals surface area contributed by atoms with Crippen molar-refractivity contribution in [3.63, 3.8) is 0 Å². The van der Waals surface area contributed by atoms with Gasteiger partial charge in [0.15, 0.2) is 0 Å². The van der Waals surface area contributed by atoms with Crippen LogP contribution in [0.4, 0.5) is 0 Å². The zero-order valence-corrected chi connectivity index (χ0v) is 13.8. The molecule has 1 aliphatic rings. The molecule has 1 saturated carbocycles.